The monoisotopic (exact) mass is 252 g/mol. The maximum Gasteiger partial charge on any atom is 0.246 e. The lowest BCUT2D eigenvalue weighted by Crippen LogP contribution is -2.46. The molecule has 0 saturated carbocycles. The molecular formula is C13H17FN2O2. The van der Waals surface area contributed by atoms with Crippen LogP contribution in [0.2, 0.25) is 0 Å². The molecule has 1 fully saturated rings. The fourth-order valence-electron chi connectivity index (χ4n) is 2.12. The molecule has 1 heterocycles. The van der Waals surface area contributed by atoms with Gasteiger partial charge in [0.2, 0.25) is 5.91 Å². The molecule has 18 heavy (non-hydrogen) atoms. The highest BCUT2D eigenvalue weighted by molar-refractivity contribution is 5.97. The normalized spacial score (nSPS) is 25.1. The largest absolute Gasteiger partial charge is 0.394 e. The molecule has 1 aromatic carbocycles. The summed E-state index contributed by atoms with van der Waals surface area (Å²) in [6.45, 7) is 2.77. The van der Waals surface area contributed by atoms with Crippen molar-refractivity contribution in [1.29, 1.82) is 0 Å². The third kappa shape index (κ3) is 2.52. The lowest BCUT2D eigenvalue weighted by molar-refractivity contribution is -0.121. The summed E-state index contributed by atoms with van der Waals surface area (Å²) in [5.41, 5.74) is 0.275. The summed E-state index contributed by atoms with van der Waals surface area (Å²) in [4.78, 5) is 13.6. The molecule has 2 unspecified atom stereocenters. The molecule has 1 aromatic rings. The smallest absolute Gasteiger partial charge is 0.246 e. The second-order valence-electron chi connectivity index (χ2n) is 4.65. The van der Waals surface area contributed by atoms with Gasteiger partial charge in [-0.15, -0.1) is 0 Å². The first-order valence-electron chi connectivity index (χ1n) is 6.03. The van der Waals surface area contributed by atoms with Crippen LogP contribution in [0.4, 0.5) is 10.1 Å². The zero-order chi connectivity index (χ0) is 13.1. The number of nitrogens with one attached hydrogen (secondary N) is 1. The Balaban J connectivity index is 2.34. The first-order chi connectivity index (χ1) is 8.63. The van der Waals surface area contributed by atoms with Crippen LogP contribution >= 0.6 is 0 Å². The molecule has 1 aliphatic heterocycles. The van der Waals surface area contributed by atoms with Crippen LogP contribution in [0.1, 0.15) is 6.92 Å². The summed E-state index contributed by atoms with van der Waals surface area (Å²) in [5.74, 6) is -0.506. The predicted molar refractivity (Wildman–Crippen MR) is 66.8 cm³/mol. The molecule has 0 aliphatic carbocycles. The maximum absolute atomic E-state index is 13.8. The number of carbonyl (C=O) groups is 1. The molecule has 2 atom stereocenters. The van der Waals surface area contributed by atoms with Gasteiger partial charge in [0.25, 0.3) is 0 Å². The maximum atomic E-state index is 13.8. The van der Waals surface area contributed by atoms with Gasteiger partial charge < -0.3 is 15.3 Å². The molecule has 5 heteroatoms. The SMILES string of the molecule is CC1CNC(CO)C(=O)N(c2ccccc2F)C1. The third-order valence-corrected chi connectivity index (χ3v) is 3.10. The Hall–Kier alpha value is -1.46. The molecule has 0 aromatic heterocycles. The number of halogens is 1. The molecule has 0 bridgehead atoms. The Labute approximate surface area is 105 Å². The van der Waals surface area contributed by atoms with Gasteiger partial charge in [-0.1, -0.05) is 19.1 Å². The van der Waals surface area contributed by atoms with E-state index in [-0.39, 0.29) is 24.1 Å². The highest BCUT2D eigenvalue weighted by Gasteiger charge is 2.30. The Kier molecular flexibility index (Phi) is 3.93. The van der Waals surface area contributed by atoms with Gasteiger partial charge in [-0.3, -0.25) is 4.79 Å². The molecule has 4 nitrogen and oxygen atoms in total. The van der Waals surface area contributed by atoms with Gasteiger partial charge in [-0.25, -0.2) is 4.39 Å². The number of nitrogens with zero attached hydrogens (tertiary/aromatic N) is 1. The number of amides is 1. The van der Waals surface area contributed by atoms with E-state index in [0.717, 1.165) is 0 Å². The van der Waals surface area contributed by atoms with Crippen molar-refractivity contribution in [2.24, 2.45) is 5.92 Å². The van der Waals surface area contributed by atoms with Gasteiger partial charge in [0.15, 0.2) is 0 Å². The van der Waals surface area contributed by atoms with Crippen LogP contribution in [0, 0.1) is 11.7 Å². The zero-order valence-electron chi connectivity index (χ0n) is 10.3. The molecule has 1 amide bonds. The average molecular weight is 252 g/mol. The van der Waals surface area contributed by atoms with Crippen LogP contribution in [-0.2, 0) is 4.79 Å². The van der Waals surface area contributed by atoms with E-state index in [0.29, 0.717) is 13.1 Å². The molecular weight excluding hydrogens is 235 g/mol. The minimum atomic E-state index is -0.658. The molecule has 2 rings (SSSR count). The second kappa shape index (κ2) is 5.46. The Morgan fingerprint density at radius 2 is 2.22 bits per heavy atom. The quantitative estimate of drug-likeness (QED) is 0.817. The first kappa shape index (κ1) is 13.0. The van der Waals surface area contributed by atoms with Crippen LogP contribution in [0.15, 0.2) is 24.3 Å². The van der Waals surface area contributed by atoms with E-state index in [1.165, 1.54) is 11.0 Å². The zero-order valence-corrected chi connectivity index (χ0v) is 10.3. The van der Waals surface area contributed by atoms with Crippen molar-refractivity contribution in [3.05, 3.63) is 30.1 Å². The second-order valence-corrected chi connectivity index (χ2v) is 4.65. The highest BCUT2D eigenvalue weighted by Crippen LogP contribution is 2.22. The lowest BCUT2D eigenvalue weighted by atomic mass is 10.1. The standard InChI is InChI=1S/C13H17FN2O2/c1-9-6-15-11(8-17)13(18)16(7-9)12-5-3-2-4-10(12)14/h2-5,9,11,15,17H,6-8H2,1H3. The molecule has 2 N–H and O–H groups in total. The number of aliphatic hydroxyl groups excluding tert-OH is 1. The van der Waals surface area contributed by atoms with Gasteiger partial charge in [0.1, 0.15) is 11.9 Å². The molecule has 0 radical (unpaired) electrons. The van der Waals surface area contributed by atoms with E-state index >= 15 is 0 Å². The van der Waals surface area contributed by atoms with E-state index in [2.05, 4.69) is 5.32 Å². The third-order valence-electron chi connectivity index (χ3n) is 3.10. The van der Waals surface area contributed by atoms with Crippen molar-refractivity contribution in [1.82, 2.24) is 5.32 Å². The number of aliphatic hydroxyl groups is 1. The number of anilines is 1. The Morgan fingerprint density at radius 3 is 2.89 bits per heavy atom. The van der Waals surface area contributed by atoms with E-state index in [1.807, 2.05) is 6.92 Å². The van der Waals surface area contributed by atoms with Gasteiger partial charge in [-0.2, -0.15) is 0 Å². The van der Waals surface area contributed by atoms with E-state index in [4.69, 9.17) is 0 Å². The van der Waals surface area contributed by atoms with E-state index in [9.17, 15) is 14.3 Å². The molecule has 98 valence electrons. The molecule has 1 saturated heterocycles. The van der Waals surface area contributed by atoms with Gasteiger partial charge >= 0.3 is 0 Å². The van der Waals surface area contributed by atoms with Crippen LogP contribution in [-0.4, -0.2) is 36.8 Å². The van der Waals surface area contributed by atoms with Gasteiger partial charge in [0, 0.05) is 13.1 Å². The summed E-state index contributed by atoms with van der Waals surface area (Å²) in [6, 6.07) is 5.54. The molecule has 0 spiro atoms. The minimum Gasteiger partial charge on any atom is -0.394 e. The fourth-order valence-corrected chi connectivity index (χ4v) is 2.12. The van der Waals surface area contributed by atoms with Crippen molar-refractivity contribution in [2.75, 3.05) is 24.6 Å². The van der Waals surface area contributed by atoms with Crippen molar-refractivity contribution >= 4 is 11.6 Å². The number of rotatable bonds is 2. The van der Waals surface area contributed by atoms with Crippen LogP contribution in [0.5, 0.6) is 0 Å². The first-order valence-corrected chi connectivity index (χ1v) is 6.03. The summed E-state index contributed by atoms with van der Waals surface area (Å²) in [7, 11) is 0. The van der Waals surface area contributed by atoms with Crippen molar-refractivity contribution in [3.8, 4) is 0 Å². The summed E-state index contributed by atoms with van der Waals surface area (Å²) >= 11 is 0. The fraction of sp³-hybridized carbons (Fsp3) is 0.462. The predicted octanol–water partition coefficient (Wildman–Crippen LogP) is 0.759. The summed E-state index contributed by atoms with van der Waals surface area (Å²) < 4.78 is 13.8. The lowest BCUT2D eigenvalue weighted by Gasteiger charge is -2.25. The van der Waals surface area contributed by atoms with Crippen molar-refractivity contribution in [3.63, 3.8) is 0 Å². The van der Waals surface area contributed by atoms with E-state index < -0.39 is 11.9 Å². The van der Waals surface area contributed by atoms with Crippen LogP contribution in [0.3, 0.4) is 0 Å². The minimum absolute atomic E-state index is 0.199. The number of hydrogen-bond acceptors (Lipinski definition) is 3. The Bertz CT molecular complexity index is 439. The van der Waals surface area contributed by atoms with Crippen molar-refractivity contribution < 1.29 is 14.3 Å². The van der Waals surface area contributed by atoms with E-state index in [1.54, 1.807) is 18.2 Å². The van der Waals surface area contributed by atoms with Gasteiger partial charge in [0.05, 0.1) is 12.3 Å². The van der Waals surface area contributed by atoms with Crippen LogP contribution in [0.25, 0.3) is 0 Å². The highest BCUT2D eigenvalue weighted by atomic mass is 19.1. The molecule has 1 aliphatic rings. The number of benzene rings is 1. The number of carbonyl (C=O) groups excluding carboxylic acids is 1. The van der Waals surface area contributed by atoms with Crippen molar-refractivity contribution in [2.45, 2.75) is 13.0 Å². The number of para-hydroxylation sites is 1. The summed E-state index contributed by atoms with van der Waals surface area (Å²) in [6.07, 6.45) is 0. The van der Waals surface area contributed by atoms with Gasteiger partial charge in [-0.05, 0) is 18.1 Å². The average Bonchev–Trinajstić information content (AvgIpc) is 2.50. The number of hydrogen-bond donors (Lipinski definition) is 2. The van der Waals surface area contributed by atoms with Crippen LogP contribution < -0.4 is 10.2 Å². The Morgan fingerprint density at radius 1 is 1.50 bits per heavy atom. The summed E-state index contributed by atoms with van der Waals surface area (Å²) in [5, 5.41) is 12.2. The topological polar surface area (TPSA) is 52.6 Å².